The first kappa shape index (κ1) is 12.4. The van der Waals surface area contributed by atoms with Crippen molar-refractivity contribution in [3.8, 4) is 0 Å². The molecule has 2 N–H and O–H groups in total. The van der Waals surface area contributed by atoms with Crippen LogP contribution in [0.5, 0.6) is 0 Å². The van der Waals surface area contributed by atoms with E-state index in [2.05, 4.69) is 33.0 Å². The molecule has 0 saturated heterocycles. The maximum absolute atomic E-state index is 5.80. The summed E-state index contributed by atoms with van der Waals surface area (Å²) in [4.78, 5) is 0. The van der Waals surface area contributed by atoms with Crippen molar-refractivity contribution < 1.29 is 0 Å². The van der Waals surface area contributed by atoms with Crippen LogP contribution < -0.4 is 5.73 Å². The van der Waals surface area contributed by atoms with E-state index < -0.39 is 0 Å². The molecule has 0 atom stereocenters. The predicted molar refractivity (Wildman–Crippen MR) is 74.7 cm³/mol. The SMILES string of the molecule is NCc1ccccc1Cc1nnc2n1CCCCC2. The van der Waals surface area contributed by atoms with E-state index in [9.17, 15) is 0 Å². The van der Waals surface area contributed by atoms with E-state index in [0.717, 1.165) is 31.0 Å². The van der Waals surface area contributed by atoms with Gasteiger partial charge in [-0.3, -0.25) is 0 Å². The molecule has 0 radical (unpaired) electrons. The number of nitrogens with two attached hydrogens (primary N) is 1. The lowest BCUT2D eigenvalue weighted by Gasteiger charge is -2.09. The third-order valence-corrected chi connectivity index (χ3v) is 3.87. The van der Waals surface area contributed by atoms with Crippen molar-refractivity contribution in [2.75, 3.05) is 0 Å². The lowest BCUT2D eigenvalue weighted by Crippen LogP contribution is -2.08. The molecule has 0 aliphatic carbocycles. The number of benzene rings is 1. The van der Waals surface area contributed by atoms with Gasteiger partial charge in [-0.05, 0) is 24.0 Å². The summed E-state index contributed by atoms with van der Waals surface area (Å²) in [6.07, 6.45) is 5.65. The van der Waals surface area contributed by atoms with Crippen molar-refractivity contribution in [1.29, 1.82) is 0 Å². The van der Waals surface area contributed by atoms with Crippen LogP contribution in [-0.4, -0.2) is 14.8 Å². The summed E-state index contributed by atoms with van der Waals surface area (Å²) in [6, 6.07) is 8.33. The van der Waals surface area contributed by atoms with Gasteiger partial charge in [0.25, 0.3) is 0 Å². The second-order valence-corrected chi connectivity index (χ2v) is 5.14. The third-order valence-electron chi connectivity index (χ3n) is 3.87. The number of fused-ring (bicyclic) bond motifs is 1. The minimum absolute atomic E-state index is 0.581. The van der Waals surface area contributed by atoms with Gasteiger partial charge in [0.05, 0.1) is 0 Å². The first-order chi connectivity index (χ1) is 9.38. The molecule has 4 heteroatoms. The van der Waals surface area contributed by atoms with Gasteiger partial charge in [-0.2, -0.15) is 0 Å². The van der Waals surface area contributed by atoms with E-state index in [1.807, 2.05) is 6.07 Å². The van der Waals surface area contributed by atoms with Crippen LogP contribution in [0.1, 0.15) is 42.0 Å². The molecule has 0 unspecified atom stereocenters. The minimum Gasteiger partial charge on any atom is -0.326 e. The Morgan fingerprint density at radius 2 is 1.89 bits per heavy atom. The van der Waals surface area contributed by atoms with Crippen LogP contribution in [0.15, 0.2) is 24.3 Å². The summed E-state index contributed by atoms with van der Waals surface area (Å²) in [5, 5.41) is 8.73. The molecule has 4 nitrogen and oxygen atoms in total. The Morgan fingerprint density at radius 3 is 2.74 bits per heavy atom. The highest BCUT2D eigenvalue weighted by molar-refractivity contribution is 5.29. The molecular weight excluding hydrogens is 236 g/mol. The van der Waals surface area contributed by atoms with Crippen molar-refractivity contribution >= 4 is 0 Å². The second-order valence-electron chi connectivity index (χ2n) is 5.14. The largest absolute Gasteiger partial charge is 0.326 e. The first-order valence-corrected chi connectivity index (χ1v) is 7.06. The summed E-state index contributed by atoms with van der Waals surface area (Å²) in [5.41, 5.74) is 8.27. The van der Waals surface area contributed by atoms with Crippen LogP contribution in [0.3, 0.4) is 0 Å². The molecule has 19 heavy (non-hydrogen) atoms. The summed E-state index contributed by atoms with van der Waals surface area (Å²) >= 11 is 0. The monoisotopic (exact) mass is 256 g/mol. The highest BCUT2D eigenvalue weighted by Gasteiger charge is 2.15. The molecule has 1 aromatic carbocycles. The molecule has 1 aliphatic heterocycles. The maximum atomic E-state index is 5.80. The topological polar surface area (TPSA) is 56.7 Å². The Morgan fingerprint density at radius 1 is 1.05 bits per heavy atom. The fraction of sp³-hybridized carbons (Fsp3) is 0.467. The van der Waals surface area contributed by atoms with Gasteiger partial charge in [0.2, 0.25) is 0 Å². The molecule has 1 aliphatic rings. The van der Waals surface area contributed by atoms with Crippen LogP contribution in [-0.2, 0) is 25.9 Å². The van der Waals surface area contributed by atoms with Crippen molar-refractivity contribution in [2.45, 2.75) is 45.2 Å². The molecule has 3 rings (SSSR count). The van der Waals surface area contributed by atoms with Crippen LogP contribution in [0, 0.1) is 0 Å². The first-order valence-electron chi connectivity index (χ1n) is 7.06. The number of hydrogen-bond acceptors (Lipinski definition) is 3. The maximum Gasteiger partial charge on any atom is 0.137 e. The normalized spacial score (nSPS) is 15.0. The van der Waals surface area contributed by atoms with Gasteiger partial charge in [-0.25, -0.2) is 0 Å². The highest BCUT2D eigenvalue weighted by Crippen LogP contribution is 2.18. The Balaban J connectivity index is 1.89. The summed E-state index contributed by atoms with van der Waals surface area (Å²) in [5.74, 6) is 2.23. The van der Waals surface area contributed by atoms with Crippen LogP contribution in [0.25, 0.3) is 0 Å². The molecule has 0 amide bonds. The van der Waals surface area contributed by atoms with Gasteiger partial charge in [0.15, 0.2) is 0 Å². The zero-order valence-corrected chi connectivity index (χ0v) is 11.2. The summed E-state index contributed by atoms with van der Waals surface area (Å²) < 4.78 is 2.31. The van der Waals surface area contributed by atoms with Crippen molar-refractivity contribution in [2.24, 2.45) is 5.73 Å². The van der Waals surface area contributed by atoms with E-state index in [1.54, 1.807) is 0 Å². The molecule has 0 spiro atoms. The van der Waals surface area contributed by atoms with E-state index in [4.69, 9.17) is 5.73 Å². The Kier molecular flexibility index (Phi) is 3.60. The second kappa shape index (κ2) is 5.53. The number of aromatic nitrogens is 3. The molecule has 100 valence electrons. The minimum atomic E-state index is 0.581. The number of rotatable bonds is 3. The van der Waals surface area contributed by atoms with Crippen LogP contribution >= 0.6 is 0 Å². The van der Waals surface area contributed by atoms with Gasteiger partial charge in [-0.15, -0.1) is 10.2 Å². The van der Waals surface area contributed by atoms with Crippen molar-refractivity contribution in [3.05, 3.63) is 47.0 Å². The van der Waals surface area contributed by atoms with Gasteiger partial charge in [0.1, 0.15) is 11.6 Å². The van der Waals surface area contributed by atoms with E-state index >= 15 is 0 Å². The van der Waals surface area contributed by atoms with Gasteiger partial charge in [0, 0.05) is 25.9 Å². The Labute approximate surface area is 113 Å². The van der Waals surface area contributed by atoms with Crippen molar-refractivity contribution in [3.63, 3.8) is 0 Å². The highest BCUT2D eigenvalue weighted by atomic mass is 15.3. The molecule has 0 fully saturated rings. The lowest BCUT2D eigenvalue weighted by molar-refractivity contribution is 0.611. The fourth-order valence-corrected chi connectivity index (χ4v) is 2.78. The van der Waals surface area contributed by atoms with E-state index in [1.165, 1.54) is 30.4 Å². The lowest BCUT2D eigenvalue weighted by atomic mass is 10.0. The molecular formula is C15H20N4. The average molecular weight is 256 g/mol. The van der Waals surface area contributed by atoms with Gasteiger partial charge in [-0.1, -0.05) is 30.7 Å². The number of hydrogen-bond donors (Lipinski definition) is 1. The molecule has 1 aromatic heterocycles. The summed E-state index contributed by atoms with van der Waals surface area (Å²) in [7, 11) is 0. The number of nitrogens with zero attached hydrogens (tertiary/aromatic N) is 3. The van der Waals surface area contributed by atoms with E-state index in [0.29, 0.717) is 6.54 Å². The third kappa shape index (κ3) is 2.54. The zero-order chi connectivity index (χ0) is 13.1. The smallest absolute Gasteiger partial charge is 0.137 e. The molecule has 2 aromatic rings. The van der Waals surface area contributed by atoms with E-state index in [-0.39, 0.29) is 0 Å². The quantitative estimate of drug-likeness (QED) is 0.914. The van der Waals surface area contributed by atoms with Gasteiger partial charge < -0.3 is 10.3 Å². The molecule has 0 saturated carbocycles. The van der Waals surface area contributed by atoms with Crippen LogP contribution in [0.2, 0.25) is 0 Å². The molecule has 0 bridgehead atoms. The van der Waals surface area contributed by atoms with Crippen LogP contribution in [0.4, 0.5) is 0 Å². The standard InChI is InChI=1S/C15H20N4/c16-11-13-7-4-3-6-12(13)10-15-18-17-14-8-2-1-5-9-19(14)15/h3-4,6-7H,1-2,5,8-11,16H2. The van der Waals surface area contributed by atoms with Gasteiger partial charge >= 0.3 is 0 Å². The Bertz CT molecular complexity index is 559. The predicted octanol–water partition coefficient (Wildman–Crippen LogP) is 2.05. The average Bonchev–Trinajstić information content (AvgIpc) is 2.68. The van der Waals surface area contributed by atoms with Crippen molar-refractivity contribution in [1.82, 2.24) is 14.8 Å². The Hall–Kier alpha value is -1.68. The molecule has 2 heterocycles. The number of aryl methyl sites for hydroxylation is 1. The fourth-order valence-electron chi connectivity index (χ4n) is 2.78. The summed E-state index contributed by atoms with van der Waals surface area (Å²) in [6.45, 7) is 1.64. The zero-order valence-electron chi connectivity index (χ0n) is 11.2.